The van der Waals surface area contributed by atoms with Crippen LogP contribution in [0.5, 0.6) is 0 Å². The van der Waals surface area contributed by atoms with Crippen molar-refractivity contribution in [3.05, 3.63) is 54.0 Å². The average molecular weight is 418 g/mol. The van der Waals surface area contributed by atoms with E-state index in [0.717, 1.165) is 48.4 Å². The van der Waals surface area contributed by atoms with Gasteiger partial charge in [0, 0.05) is 11.7 Å². The zero-order chi connectivity index (χ0) is 19.6. The first-order valence-corrected chi connectivity index (χ1v) is 11.7. The Morgan fingerprint density at radius 1 is 1.25 bits per heavy atom. The van der Waals surface area contributed by atoms with Crippen molar-refractivity contribution >= 4 is 27.0 Å². The number of hydrogen-bond donors (Lipinski definition) is 2. The van der Waals surface area contributed by atoms with E-state index in [0.29, 0.717) is 17.5 Å². The van der Waals surface area contributed by atoms with Crippen molar-refractivity contribution in [1.29, 1.82) is 0 Å². The number of nitrogens with one attached hydrogen (secondary N) is 2. The van der Waals surface area contributed by atoms with Crippen molar-refractivity contribution in [3.8, 4) is 10.6 Å². The second kappa shape index (κ2) is 8.06. The highest BCUT2D eigenvalue weighted by atomic mass is 32.2. The van der Waals surface area contributed by atoms with Gasteiger partial charge in [0.1, 0.15) is 4.21 Å². The van der Waals surface area contributed by atoms with Crippen molar-refractivity contribution in [1.82, 2.24) is 10.3 Å². The van der Waals surface area contributed by atoms with E-state index < -0.39 is 10.0 Å². The largest absolute Gasteiger partial charge is 0.443 e. The molecule has 0 saturated carbocycles. The van der Waals surface area contributed by atoms with Crippen LogP contribution in [-0.2, 0) is 22.9 Å². The second-order valence-electron chi connectivity index (χ2n) is 6.97. The predicted molar refractivity (Wildman–Crippen MR) is 111 cm³/mol. The first-order valence-electron chi connectivity index (χ1n) is 9.42. The monoisotopic (exact) mass is 417 g/mol. The standard InChI is InChI=1S/C20H23N3O3S2/c1-2-9-22-16-5-3-15-11-17(6-4-14(15)10-16)23-28(24,25)20-8-7-19(27-20)18-12-21-13-26-18/h4,6-8,11-13,16,22-23H,2-3,5,9-10H2,1H3/t16-/m1/s1. The summed E-state index contributed by atoms with van der Waals surface area (Å²) in [5, 5.41) is 3.58. The smallest absolute Gasteiger partial charge is 0.271 e. The third-order valence-corrected chi connectivity index (χ3v) is 7.86. The molecule has 1 aliphatic rings. The lowest BCUT2D eigenvalue weighted by molar-refractivity contribution is 0.459. The van der Waals surface area contributed by atoms with E-state index in [4.69, 9.17) is 4.42 Å². The molecule has 0 spiro atoms. The molecule has 8 heteroatoms. The number of rotatable bonds is 7. The van der Waals surface area contributed by atoms with Crippen LogP contribution in [-0.4, -0.2) is 26.0 Å². The van der Waals surface area contributed by atoms with Gasteiger partial charge in [0.25, 0.3) is 10.0 Å². The van der Waals surface area contributed by atoms with Crippen molar-refractivity contribution < 1.29 is 12.8 Å². The summed E-state index contributed by atoms with van der Waals surface area (Å²) in [4.78, 5) is 4.60. The Labute approximate surface area is 169 Å². The van der Waals surface area contributed by atoms with Gasteiger partial charge in [-0.05, 0) is 67.6 Å². The van der Waals surface area contributed by atoms with Crippen LogP contribution in [0, 0.1) is 0 Å². The van der Waals surface area contributed by atoms with Crippen LogP contribution in [0.3, 0.4) is 0 Å². The van der Waals surface area contributed by atoms with E-state index in [-0.39, 0.29) is 4.21 Å². The fourth-order valence-electron chi connectivity index (χ4n) is 3.48. The first-order chi connectivity index (χ1) is 13.5. The highest BCUT2D eigenvalue weighted by Gasteiger charge is 2.21. The number of sulfonamides is 1. The van der Waals surface area contributed by atoms with E-state index in [1.165, 1.54) is 17.5 Å². The second-order valence-corrected chi connectivity index (χ2v) is 9.96. The van der Waals surface area contributed by atoms with Crippen LogP contribution < -0.4 is 10.0 Å². The number of aryl methyl sites for hydroxylation is 1. The number of benzene rings is 1. The maximum absolute atomic E-state index is 12.8. The fraction of sp³-hybridized carbons (Fsp3) is 0.350. The zero-order valence-corrected chi connectivity index (χ0v) is 17.3. The molecule has 2 heterocycles. The molecular formula is C20H23N3O3S2. The van der Waals surface area contributed by atoms with Gasteiger partial charge in [0.15, 0.2) is 12.2 Å². The predicted octanol–water partition coefficient (Wildman–Crippen LogP) is 4.06. The van der Waals surface area contributed by atoms with Crippen LogP contribution >= 0.6 is 11.3 Å². The normalized spacial score (nSPS) is 16.7. The SMILES string of the molecule is CCCN[C@@H]1CCc2cc(NS(=O)(=O)c3ccc(-c4cnco4)s3)ccc2C1. The fourth-order valence-corrected chi connectivity index (χ4v) is 5.79. The lowest BCUT2D eigenvalue weighted by Crippen LogP contribution is -2.35. The molecule has 148 valence electrons. The third kappa shape index (κ3) is 4.14. The molecule has 4 rings (SSSR count). The van der Waals surface area contributed by atoms with Crippen LogP contribution in [0.25, 0.3) is 10.6 Å². The topological polar surface area (TPSA) is 84.2 Å². The molecule has 1 aliphatic carbocycles. The van der Waals surface area contributed by atoms with E-state index in [1.807, 2.05) is 18.2 Å². The maximum atomic E-state index is 12.8. The number of thiophene rings is 1. The molecule has 0 radical (unpaired) electrons. The summed E-state index contributed by atoms with van der Waals surface area (Å²) in [6.45, 7) is 3.21. The summed E-state index contributed by atoms with van der Waals surface area (Å²) in [6, 6.07) is 9.69. The van der Waals surface area contributed by atoms with Gasteiger partial charge in [-0.3, -0.25) is 4.72 Å². The molecule has 0 amide bonds. The highest BCUT2D eigenvalue weighted by molar-refractivity contribution is 7.94. The minimum absolute atomic E-state index is 0.250. The van der Waals surface area contributed by atoms with Gasteiger partial charge >= 0.3 is 0 Å². The lowest BCUT2D eigenvalue weighted by atomic mass is 9.88. The van der Waals surface area contributed by atoms with E-state index in [9.17, 15) is 8.42 Å². The summed E-state index contributed by atoms with van der Waals surface area (Å²) in [5.74, 6) is 0.562. The molecule has 0 bridgehead atoms. The van der Waals surface area contributed by atoms with Gasteiger partial charge in [0.05, 0.1) is 11.1 Å². The number of aromatic nitrogens is 1. The molecule has 0 aliphatic heterocycles. The lowest BCUT2D eigenvalue weighted by Gasteiger charge is -2.26. The summed E-state index contributed by atoms with van der Waals surface area (Å²) in [5.41, 5.74) is 3.13. The molecule has 2 aromatic heterocycles. The van der Waals surface area contributed by atoms with Crippen LogP contribution in [0.15, 0.2) is 51.5 Å². The van der Waals surface area contributed by atoms with Crippen molar-refractivity contribution in [2.24, 2.45) is 0 Å². The minimum Gasteiger partial charge on any atom is -0.443 e. The van der Waals surface area contributed by atoms with Gasteiger partial charge in [-0.15, -0.1) is 11.3 Å². The summed E-state index contributed by atoms with van der Waals surface area (Å²) in [6.07, 6.45) is 7.06. The van der Waals surface area contributed by atoms with Gasteiger partial charge in [-0.1, -0.05) is 13.0 Å². The maximum Gasteiger partial charge on any atom is 0.271 e. The van der Waals surface area contributed by atoms with E-state index in [2.05, 4.69) is 21.9 Å². The Morgan fingerprint density at radius 3 is 2.93 bits per heavy atom. The number of anilines is 1. The summed E-state index contributed by atoms with van der Waals surface area (Å²) < 4.78 is 33.7. The number of oxazole rings is 1. The number of hydrogen-bond acceptors (Lipinski definition) is 6. The third-order valence-electron chi connectivity index (χ3n) is 4.89. The highest BCUT2D eigenvalue weighted by Crippen LogP contribution is 2.32. The molecule has 0 fully saturated rings. The molecule has 1 aromatic carbocycles. The average Bonchev–Trinajstić information content (AvgIpc) is 3.37. The van der Waals surface area contributed by atoms with Crippen LogP contribution in [0.2, 0.25) is 0 Å². The summed E-state index contributed by atoms with van der Waals surface area (Å²) in [7, 11) is -3.64. The Balaban J connectivity index is 1.48. The van der Waals surface area contributed by atoms with Crippen molar-refractivity contribution in [2.75, 3.05) is 11.3 Å². The number of fused-ring (bicyclic) bond motifs is 1. The van der Waals surface area contributed by atoms with E-state index in [1.54, 1.807) is 18.3 Å². The van der Waals surface area contributed by atoms with Gasteiger partial charge in [-0.25, -0.2) is 13.4 Å². The Hall–Kier alpha value is -2.16. The van der Waals surface area contributed by atoms with Gasteiger partial charge in [-0.2, -0.15) is 0 Å². The molecule has 6 nitrogen and oxygen atoms in total. The van der Waals surface area contributed by atoms with Gasteiger partial charge < -0.3 is 9.73 Å². The van der Waals surface area contributed by atoms with Crippen molar-refractivity contribution in [3.63, 3.8) is 0 Å². The van der Waals surface area contributed by atoms with Crippen LogP contribution in [0.4, 0.5) is 5.69 Å². The van der Waals surface area contributed by atoms with Crippen molar-refractivity contribution in [2.45, 2.75) is 42.9 Å². The molecule has 28 heavy (non-hydrogen) atoms. The number of nitrogens with zero attached hydrogens (tertiary/aromatic N) is 1. The Morgan fingerprint density at radius 2 is 2.14 bits per heavy atom. The summed E-state index contributed by atoms with van der Waals surface area (Å²) >= 11 is 1.16. The van der Waals surface area contributed by atoms with Crippen LogP contribution in [0.1, 0.15) is 30.9 Å². The molecule has 0 saturated heterocycles. The minimum atomic E-state index is -3.64. The molecule has 3 aromatic rings. The Kier molecular flexibility index (Phi) is 5.52. The van der Waals surface area contributed by atoms with E-state index >= 15 is 0 Å². The Bertz CT molecular complexity index is 1040. The molecule has 0 unspecified atom stereocenters. The first kappa shape index (κ1) is 19.2. The zero-order valence-electron chi connectivity index (χ0n) is 15.6. The quantitative estimate of drug-likeness (QED) is 0.606. The molecule has 1 atom stereocenters. The molecule has 2 N–H and O–H groups in total. The van der Waals surface area contributed by atoms with Gasteiger partial charge in [0.2, 0.25) is 0 Å². The molecular weight excluding hydrogens is 394 g/mol.